The lowest BCUT2D eigenvalue weighted by Gasteiger charge is -2.32. The molecule has 19 heavy (non-hydrogen) atoms. The third kappa shape index (κ3) is 3.30. The molecule has 1 atom stereocenters. The van der Waals surface area contributed by atoms with E-state index in [1.165, 1.54) is 0 Å². The number of hydrogen-bond donors (Lipinski definition) is 1. The molecule has 1 unspecified atom stereocenters. The Bertz CT molecular complexity index is 368. The molecule has 106 valence electrons. The van der Waals surface area contributed by atoms with Crippen LogP contribution in [0.25, 0.3) is 0 Å². The van der Waals surface area contributed by atoms with Gasteiger partial charge in [-0.3, -0.25) is 19.3 Å². The van der Waals surface area contributed by atoms with Crippen LogP contribution in [0.5, 0.6) is 0 Å². The lowest BCUT2D eigenvalue weighted by atomic mass is 10.2. The van der Waals surface area contributed by atoms with Crippen LogP contribution >= 0.6 is 0 Å². The van der Waals surface area contributed by atoms with Gasteiger partial charge in [0.05, 0.1) is 19.3 Å². The quantitative estimate of drug-likeness (QED) is 0.645. The number of aliphatic hydroxyl groups is 1. The van der Waals surface area contributed by atoms with Crippen LogP contribution in [0, 0.1) is 0 Å². The molecule has 2 fully saturated rings. The summed E-state index contributed by atoms with van der Waals surface area (Å²) in [4.78, 5) is 37.5. The minimum Gasteiger partial charge on any atom is -0.394 e. The Balaban J connectivity index is 1.81. The van der Waals surface area contributed by atoms with Crippen molar-refractivity contribution in [2.24, 2.45) is 0 Å². The molecule has 7 nitrogen and oxygen atoms in total. The third-order valence-electron chi connectivity index (χ3n) is 3.40. The molecule has 2 saturated heterocycles. The number of likely N-dealkylation sites (tertiary alicyclic amines) is 1. The van der Waals surface area contributed by atoms with Crippen LogP contribution in [0.4, 0.5) is 0 Å². The summed E-state index contributed by atoms with van der Waals surface area (Å²) in [6, 6.07) is 0. The average Bonchev–Trinajstić information content (AvgIpc) is 2.75. The first-order valence-corrected chi connectivity index (χ1v) is 6.45. The second-order valence-electron chi connectivity index (χ2n) is 4.70. The van der Waals surface area contributed by atoms with Crippen molar-refractivity contribution in [2.75, 3.05) is 32.8 Å². The number of aliphatic hydroxyl groups excluding tert-OH is 1. The van der Waals surface area contributed by atoms with Crippen LogP contribution in [-0.2, 0) is 19.1 Å². The topological polar surface area (TPSA) is 87.2 Å². The molecular formula is C12H18N2O5. The molecule has 0 aliphatic carbocycles. The summed E-state index contributed by atoms with van der Waals surface area (Å²) in [7, 11) is 0. The van der Waals surface area contributed by atoms with Crippen LogP contribution in [0.15, 0.2) is 0 Å². The highest BCUT2D eigenvalue weighted by Crippen LogP contribution is 2.13. The maximum atomic E-state index is 12.0. The first-order chi connectivity index (χ1) is 9.11. The zero-order chi connectivity index (χ0) is 13.8. The van der Waals surface area contributed by atoms with E-state index in [0.717, 1.165) is 4.90 Å². The van der Waals surface area contributed by atoms with Gasteiger partial charge in [-0.15, -0.1) is 0 Å². The summed E-state index contributed by atoms with van der Waals surface area (Å²) in [5.74, 6) is -0.518. The molecule has 2 rings (SSSR count). The number of imide groups is 1. The number of carbonyl (C=O) groups excluding carboxylic acids is 3. The normalized spacial score (nSPS) is 24.2. The highest BCUT2D eigenvalue weighted by molar-refractivity contribution is 6.02. The summed E-state index contributed by atoms with van der Waals surface area (Å²) in [6.45, 7) is 1.28. The highest BCUT2D eigenvalue weighted by Gasteiger charge is 2.30. The molecule has 0 aromatic rings. The third-order valence-corrected chi connectivity index (χ3v) is 3.40. The van der Waals surface area contributed by atoms with Gasteiger partial charge in [0.2, 0.25) is 17.7 Å². The highest BCUT2D eigenvalue weighted by atomic mass is 16.5. The predicted molar refractivity (Wildman–Crippen MR) is 64.0 cm³/mol. The Morgan fingerprint density at radius 1 is 1.32 bits per heavy atom. The standard InChI is InChI=1S/C12H18N2O5/c15-8-9-7-13(5-6-19-9)10(16)3-4-14-11(17)1-2-12(14)18/h9,15H,1-8H2. The minimum absolute atomic E-state index is 0.116. The second-order valence-corrected chi connectivity index (χ2v) is 4.70. The number of amides is 3. The van der Waals surface area contributed by atoms with Gasteiger partial charge in [0.15, 0.2) is 0 Å². The number of morpholine rings is 1. The van der Waals surface area contributed by atoms with Crippen LogP contribution in [0.2, 0.25) is 0 Å². The first-order valence-electron chi connectivity index (χ1n) is 6.45. The Morgan fingerprint density at radius 3 is 2.63 bits per heavy atom. The molecule has 0 spiro atoms. The van der Waals surface area contributed by atoms with Gasteiger partial charge in [-0.25, -0.2) is 0 Å². The Kier molecular flexibility index (Phi) is 4.49. The maximum absolute atomic E-state index is 12.0. The van der Waals surface area contributed by atoms with Gasteiger partial charge in [0.25, 0.3) is 0 Å². The first kappa shape index (κ1) is 14.0. The second kappa shape index (κ2) is 6.12. The summed E-state index contributed by atoms with van der Waals surface area (Å²) >= 11 is 0. The van der Waals surface area contributed by atoms with E-state index in [2.05, 4.69) is 0 Å². The van der Waals surface area contributed by atoms with Crippen molar-refractivity contribution in [3.63, 3.8) is 0 Å². The van der Waals surface area contributed by atoms with Crippen molar-refractivity contribution in [3.8, 4) is 0 Å². The SMILES string of the molecule is O=C(CCN1C(=O)CCC1=O)N1CCOC(CO)C1. The molecule has 2 aliphatic rings. The van der Waals surface area contributed by atoms with Gasteiger partial charge in [-0.1, -0.05) is 0 Å². The van der Waals surface area contributed by atoms with Gasteiger partial charge in [0.1, 0.15) is 0 Å². The summed E-state index contributed by atoms with van der Waals surface area (Å²) < 4.78 is 5.26. The van der Waals surface area contributed by atoms with Crippen LogP contribution < -0.4 is 0 Å². The van der Waals surface area contributed by atoms with Crippen molar-refractivity contribution in [1.82, 2.24) is 9.80 Å². The van der Waals surface area contributed by atoms with Crippen molar-refractivity contribution < 1.29 is 24.2 Å². The maximum Gasteiger partial charge on any atom is 0.229 e. The van der Waals surface area contributed by atoms with E-state index < -0.39 is 0 Å². The number of nitrogens with zero attached hydrogens (tertiary/aromatic N) is 2. The molecule has 0 bridgehead atoms. The van der Waals surface area contributed by atoms with Gasteiger partial charge in [-0.2, -0.15) is 0 Å². The Hall–Kier alpha value is -1.47. The van der Waals surface area contributed by atoms with Crippen molar-refractivity contribution >= 4 is 17.7 Å². The molecule has 0 radical (unpaired) electrons. The summed E-state index contributed by atoms with van der Waals surface area (Å²) in [5.41, 5.74) is 0. The molecule has 0 aromatic heterocycles. The van der Waals surface area contributed by atoms with E-state index in [0.29, 0.717) is 19.7 Å². The fourth-order valence-corrected chi connectivity index (χ4v) is 2.29. The molecule has 2 aliphatic heterocycles. The van der Waals surface area contributed by atoms with Crippen molar-refractivity contribution in [3.05, 3.63) is 0 Å². The number of carbonyl (C=O) groups is 3. The average molecular weight is 270 g/mol. The summed E-state index contributed by atoms with van der Waals surface area (Å²) in [6.07, 6.45) is 0.289. The molecule has 0 saturated carbocycles. The predicted octanol–water partition coefficient (Wildman–Crippen LogP) is -1.25. The molecular weight excluding hydrogens is 252 g/mol. The van der Waals surface area contributed by atoms with E-state index >= 15 is 0 Å². The van der Waals surface area contributed by atoms with Gasteiger partial charge in [-0.05, 0) is 0 Å². The lowest BCUT2D eigenvalue weighted by Crippen LogP contribution is -2.47. The van der Waals surface area contributed by atoms with Crippen LogP contribution in [0.1, 0.15) is 19.3 Å². The smallest absolute Gasteiger partial charge is 0.229 e. The van der Waals surface area contributed by atoms with Gasteiger partial charge in [0, 0.05) is 38.9 Å². The van der Waals surface area contributed by atoms with Crippen molar-refractivity contribution in [1.29, 1.82) is 0 Å². The van der Waals surface area contributed by atoms with E-state index in [-0.39, 0.29) is 56.2 Å². The van der Waals surface area contributed by atoms with Crippen LogP contribution in [0.3, 0.4) is 0 Å². The largest absolute Gasteiger partial charge is 0.394 e. The monoisotopic (exact) mass is 270 g/mol. The van der Waals surface area contributed by atoms with Gasteiger partial charge >= 0.3 is 0 Å². The number of hydrogen-bond acceptors (Lipinski definition) is 5. The Morgan fingerprint density at radius 2 is 2.00 bits per heavy atom. The molecule has 1 N–H and O–H groups in total. The van der Waals surface area contributed by atoms with E-state index in [1.807, 2.05) is 0 Å². The Labute approximate surface area is 111 Å². The molecule has 2 heterocycles. The fourth-order valence-electron chi connectivity index (χ4n) is 2.29. The van der Waals surface area contributed by atoms with Gasteiger partial charge < -0.3 is 14.7 Å². The minimum atomic E-state index is -0.340. The van der Waals surface area contributed by atoms with Crippen molar-refractivity contribution in [2.45, 2.75) is 25.4 Å². The number of ether oxygens (including phenoxy) is 1. The van der Waals surface area contributed by atoms with Crippen LogP contribution in [-0.4, -0.2) is 71.6 Å². The molecule has 3 amide bonds. The van der Waals surface area contributed by atoms with E-state index in [1.54, 1.807) is 4.90 Å². The zero-order valence-electron chi connectivity index (χ0n) is 10.7. The summed E-state index contributed by atoms with van der Waals surface area (Å²) in [5, 5.41) is 9.00. The zero-order valence-corrected chi connectivity index (χ0v) is 10.7. The molecule has 0 aromatic carbocycles. The van der Waals surface area contributed by atoms with E-state index in [9.17, 15) is 14.4 Å². The molecule has 7 heteroatoms. The number of rotatable bonds is 4. The fraction of sp³-hybridized carbons (Fsp3) is 0.750. The lowest BCUT2D eigenvalue weighted by molar-refractivity contribution is -0.142. The van der Waals surface area contributed by atoms with E-state index in [4.69, 9.17) is 9.84 Å².